The van der Waals surface area contributed by atoms with Crippen molar-refractivity contribution >= 4 is 0 Å². The van der Waals surface area contributed by atoms with Gasteiger partial charge in [-0.05, 0) is 18.2 Å². The Morgan fingerprint density at radius 1 is 1.10 bits per heavy atom. The van der Waals surface area contributed by atoms with Crippen LogP contribution in [0, 0.1) is 11.6 Å². The third kappa shape index (κ3) is 3.96. The summed E-state index contributed by atoms with van der Waals surface area (Å²) in [7, 11) is 0. The first-order valence-electron chi connectivity index (χ1n) is 6.23. The Balaban J connectivity index is 2.01. The maximum atomic E-state index is 13.0. The smallest absolute Gasteiger partial charge is 0.238 e. The van der Waals surface area contributed by atoms with Crippen LogP contribution in [-0.2, 0) is 6.54 Å². The molecule has 1 aromatic heterocycles. The fourth-order valence-corrected chi connectivity index (χ4v) is 1.47. The van der Waals surface area contributed by atoms with Crippen LogP contribution in [0.4, 0.5) is 8.78 Å². The number of halogens is 2. The van der Waals surface area contributed by atoms with Gasteiger partial charge in [0.25, 0.3) is 0 Å². The Kier molecular flexibility index (Phi) is 4.57. The lowest BCUT2D eigenvalue weighted by molar-refractivity contribution is 0.440. The second kappa shape index (κ2) is 6.38. The van der Waals surface area contributed by atoms with Gasteiger partial charge >= 0.3 is 0 Å². The molecular weight excluding hydrogens is 264 g/mol. The fourth-order valence-electron chi connectivity index (χ4n) is 1.47. The van der Waals surface area contributed by atoms with Gasteiger partial charge in [-0.3, -0.25) is 0 Å². The molecule has 0 atom stereocenters. The van der Waals surface area contributed by atoms with Crippen LogP contribution in [0.2, 0.25) is 0 Å². The summed E-state index contributed by atoms with van der Waals surface area (Å²) in [6, 6.07) is 7.04. The van der Waals surface area contributed by atoms with Gasteiger partial charge in [0.05, 0.1) is 5.69 Å². The zero-order valence-electron chi connectivity index (χ0n) is 11.2. The highest BCUT2D eigenvalue weighted by Gasteiger charge is 2.05. The van der Waals surface area contributed by atoms with Crippen molar-refractivity contribution in [2.75, 3.05) is 0 Å². The quantitative estimate of drug-likeness (QED) is 0.913. The highest BCUT2D eigenvalue weighted by Crippen LogP contribution is 2.20. The first-order valence-corrected chi connectivity index (χ1v) is 6.23. The molecule has 0 unspecified atom stereocenters. The van der Waals surface area contributed by atoms with Gasteiger partial charge in [-0.1, -0.05) is 13.8 Å². The second-order valence-electron chi connectivity index (χ2n) is 4.58. The Morgan fingerprint density at radius 2 is 1.90 bits per heavy atom. The topological polar surface area (TPSA) is 47.0 Å². The molecule has 20 heavy (non-hydrogen) atoms. The van der Waals surface area contributed by atoms with Crippen LogP contribution in [0.1, 0.15) is 19.5 Å². The lowest BCUT2D eigenvalue weighted by Crippen LogP contribution is -2.22. The average Bonchev–Trinajstić information content (AvgIpc) is 2.42. The van der Waals surface area contributed by atoms with Crippen molar-refractivity contribution in [1.29, 1.82) is 0 Å². The number of benzene rings is 1. The van der Waals surface area contributed by atoms with Crippen LogP contribution in [-0.4, -0.2) is 16.2 Å². The highest BCUT2D eigenvalue weighted by atomic mass is 19.2. The minimum atomic E-state index is -0.965. The van der Waals surface area contributed by atoms with Gasteiger partial charge in [-0.15, -0.1) is 5.10 Å². The molecule has 2 aromatic rings. The van der Waals surface area contributed by atoms with Crippen molar-refractivity contribution in [3.8, 4) is 11.6 Å². The van der Waals surface area contributed by atoms with Gasteiger partial charge in [0.15, 0.2) is 11.6 Å². The molecule has 0 bridgehead atoms. The third-order valence-electron chi connectivity index (χ3n) is 2.50. The van der Waals surface area contributed by atoms with Crippen molar-refractivity contribution in [1.82, 2.24) is 15.5 Å². The van der Waals surface area contributed by atoms with Gasteiger partial charge in [0.2, 0.25) is 5.88 Å². The van der Waals surface area contributed by atoms with E-state index in [2.05, 4.69) is 15.5 Å². The monoisotopic (exact) mass is 279 g/mol. The third-order valence-corrected chi connectivity index (χ3v) is 2.50. The number of ether oxygens (including phenoxy) is 1. The van der Waals surface area contributed by atoms with Crippen molar-refractivity contribution in [2.45, 2.75) is 26.4 Å². The Hall–Kier alpha value is -2.08. The molecule has 0 radical (unpaired) electrons. The van der Waals surface area contributed by atoms with Crippen LogP contribution in [0.3, 0.4) is 0 Å². The van der Waals surface area contributed by atoms with E-state index in [9.17, 15) is 8.78 Å². The van der Waals surface area contributed by atoms with E-state index in [0.29, 0.717) is 12.6 Å². The minimum absolute atomic E-state index is 0.172. The summed E-state index contributed by atoms with van der Waals surface area (Å²) in [5.74, 6) is -1.48. The second-order valence-corrected chi connectivity index (χ2v) is 4.58. The Morgan fingerprint density at radius 3 is 2.50 bits per heavy atom. The number of aromatic nitrogens is 2. The van der Waals surface area contributed by atoms with Crippen molar-refractivity contribution in [3.05, 3.63) is 47.7 Å². The molecule has 1 N–H and O–H groups in total. The summed E-state index contributed by atoms with van der Waals surface area (Å²) >= 11 is 0. The number of rotatable bonds is 5. The number of hydrogen-bond donors (Lipinski definition) is 1. The molecule has 106 valence electrons. The van der Waals surface area contributed by atoms with Gasteiger partial charge in [-0.2, -0.15) is 5.10 Å². The molecule has 4 nitrogen and oxygen atoms in total. The minimum Gasteiger partial charge on any atom is -0.437 e. The fraction of sp³-hybridized carbons (Fsp3) is 0.286. The molecule has 0 amide bonds. The molecule has 0 saturated carbocycles. The number of nitrogens with one attached hydrogen (secondary N) is 1. The summed E-state index contributed by atoms with van der Waals surface area (Å²) in [4.78, 5) is 0. The van der Waals surface area contributed by atoms with E-state index < -0.39 is 11.6 Å². The summed E-state index contributed by atoms with van der Waals surface area (Å²) in [5, 5.41) is 11.1. The predicted molar refractivity (Wildman–Crippen MR) is 70.4 cm³/mol. The maximum Gasteiger partial charge on any atom is 0.238 e. The number of hydrogen-bond acceptors (Lipinski definition) is 4. The molecule has 0 aliphatic heterocycles. The zero-order chi connectivity index (χ0) is 14.5. The molecule has 1 aromatic carbocycles. The molecular formula is C14H15F2N3O. The van der Waals surface area contributed by atoms with Gasteiger partial charge in [-0.25, -0.2) is 8.78 Å². The van der Waals surface area contributed by atoms with Gasteiger partial charge in [0.1, 0.15) is 5.75 Å². The molecule has 0 aliphatic carbocycles. The summed E-state index contributed by atoms with van der Waals surface area (Å²) in [6.45, 7) is 4.68. The number of nitrogens with zero attached hydrogens (tertiary/aromatic N) is 2. The summed E-state index contributed by atoms with van der Waals surface area (Å²) < 4.78 is 31.1. The molecule has 0 saturated heterocycles. The maximum absolute atomic E-state index is 13.0. The van der Waals surface area contributed by atoms with Gasteiger partial charge in [0, 0.05) is 24.7 Å². The summed E-state index contributed by atoms with van der Waals surface area (Å²) in [6.07, 6.45) is 0. The van der Waals surface area contributed by atoms with E-state index in [-0.39, 0.29) is 11.6 Å². The first kappa shape index (κ1) is 14.3. The van der Waals surface area contributed by atoms with E-state index in [1.165, 1.54) is 6.07 Å². The van der Waals surface area contributed by atoms with E-state index in [1.807, 2.05) is 13.8 Å². The predicted octanol–water partition coefficient (Wildman–Crippen LogP) is 3.05. The first-order chi connectivity index (χ1) is 9.54. The average molecular weight is 279 g/mol. The van der Waals surface area contributed by atoms with Crippen molar-refractivity contribution in [2.24, 2.45) is 0 Å². The lowest BCUT2D eigenvalue weighted by Gasteiger charge is -2.08. The Bertz CT molecular complexity index is 573. The molecule has 0 fully saturated rings. The van der Waals surface area contributed by atoms with Crippen molar-refractivity contribution in [3.63, 3.8) is 0 Å². The van der Waals surface area contributed by atoms with Gasteiger partial charge < -0.3 is 10.1 Å². The van der Waals surface area contributed by atoms with Crippen LogP contribution < -0.4 is 10.1 Å². The van der Waals surface area contributed by atoms with E-state index in [1.54, 1.807) is 12.1 Å². The molecule has 0 spiro atoms. The standard InChI is InChI=1S/C14H15F2N3O/c1-9(2)17-8-10-3-6-14(19-18-10)20-11-4-5-12(15)13(16)7-11/h3-7,9,17H,8H2,1-2H3. The normalized spacial score (nSPS) is 10.8. The van der Waals surface area contributed by atoms with Crippen LogP contribution in [0.25, 0.3) is 0 Å². The summed E-state index contributed by atoms with van der Waals surface area (Å²) in [5.41, 5.74) is 0.774. The van der Waals surface area contributed by atoms with Crippen LogP contribution in [0.15, 0.2) is 30.3 Å². The molecule has 2 rings (SSSR count). The molecule has 1 heterocycles. The Labute approximate surface area is 115 Å². The largest absolute Gasteiger partial charge is 0.437 e. The van der Waals surface area contributed by atoms with E-state index >= 15 is 0 Å². The highest BCUT2D eigenvalue weighted by molar-refractivity contribution is 5.27. The SMILES string of the molecule is CC(C)NCc1ccc(Oc2ccc(F)c(F)c2)nn1. The van der Waals surface area contributed by atoms with Crippen LogP contribution >= 0.6 is 0 Å². The molecule has 0 aliphatic rings. The zero-order valence-corrected chi connectivity index (χ0v) is 11.2. The van der Waals surface area contributed by atoms with E-state index in [0.717, 1.165) is 17.8 Å². The molecule has 6 heteroatoms. The van der Waals surface area contributed by atoms with E-state index in [4.69, 9.17) is 4.74 Å². The lowest BCUT2D eigenvalue weighted by atomic mass is 10.3. The van der Waals surface area contributed by atoms with Crippen LogP contribution in [0.5, 0.6) is 11.6 Å². The van der Waals surface area contributed by atoms with Crippen molar-refractivity contribution < 1.29 is 13.5 Å².